The number of benzene rings is 1. The lowest BCUT2D eigenvalue weighted by Crippen LogP contribution is -2.28. The summed E-state index contributed by atoms with van der Waals surface area (Å²) in [5.74, 6) is 1.31. The second kappa shape index (κ2) is 5.70. The molecule has 1 fully saturated rings. The third-order valence-electron chi connectivity index (χ3n) is 3.86. The Labute approximate surface area is 112 Å². The van der Waals surface area contributed by atoms with Crippen molar-refractivity contribution < 1.29 is 9.13 Å². The van der Waals surface area contributed by atoms with Crippen LogP contribution in [0.4, 0.5) is 4.39 Å². The fourth-order valence-electron chi connectivity index (χ4n) is 2.75. The number of aliphatic imine (C=N–C) groups is 1. The molecule has 1 unspecified atom stereocenters. The fourth-order valence-corrected chi connectivity index (χ4v) is 2.75. The second-order valence-electron chi connectivity index (χ2n) is 5.30. The largest absolute Gasteiger partial charge is 0.478 e. The van der Waals surface area contributed by atoms with Crippen molar-refractivity contribution in [2.45, 2.75) is 25.3 Å². The van der Waals surface area contributed by atoms with Crippen LogP contribution < -0.4 is 5.32 Å². The van der Waals surface area contributed by atoms with Gasteiger partial charge in [-0.15, -0.1) is 0 Å². The number of halogens is 1. The average Bonchev–Trinajstić information content (AvgIpc) is 2.88. The number of rotatable bonds is 3. The van der Waals surface area contributed by atoms with E-state index in [9.17, 15) is 4.39 Å². The third kappa shape index (κ3) is 3.13. The van der Waals surface area contributed by atoms with Gasteiger partial charge in [0.15, 0.2) is 5.90 Å². The summed E-state index contributed by atoms with van der Waals surface area (Å²) in [7, 11) is 0. The maximum Gasteiger partial charge on any atom is 0.184 e. The molecular weight excluding hydrogens is 243 g/mol. The van der Waals surface area contributed by atoms with E-state index in [1.54, 1.807) is 12.1 Å². The second-order valence-corrected chi connectivity index (χ2v) is 5.30. The molecular formula is C15H19FN2O. The van der Waals surface area contributed by atoms with E-state index >= 15 is 0 Å². The Hall–Kier alpha value is -1.42. The van der Waals surface area contributed by atoms with Gasteiger partial charge in [-0.1, -0.05) is 12.1 Å². The number of nitrogens with zero attached hydrogens (tertiary/aromatic N) is 1. The van der Waals surface area contributed by atoms with Crippen molar-refractivity contribution in [3.05, 3.63) is 35.6 Å². The molecule has 3 rings (SSSR count). The zero-order valence-electron chi connectivity index (χ0n) is 10.9. The Bertz CT molecular complexity index is 469. The van der Waals surface area contributed by atoms with Gasteiger partial charge in [-0.25, -0.2) is 9.38 Å². The minimum Gasteiger partial charge on any atom is -0.478 e. The SMILES string of the molecule is Fc1cccc(C2COC(CC3CCNCC3)=N2)c1. The Morgan fingerprint density at radius 2 is 2.16 bits per heavy atom. The van der Waals surface area contributed by atoms with Crippen molar-refractivity contribution in [1.29, 1.82) is 0 Å². The van der Waals surface area contributed by atoms with Crippen LogP contribution in [0.2, 0.25) is 0 Å². The highest BCUT2D eigenvalue weighted by molar-refractivity contribution is 5.78. The minimum absolute atomic E-state index is 0.0348. The van der Waals surface area contributed by atoms with E-state index in [0.29, 0.717) is 12.5 Å². The number of hydrogen-bond acceptors (Lipinski definition) is 3. The van der Waals surface area contributed by atoms with Gasteiger partial charge in [-0.2, -0.15) is 0 Å². The molecule has 0 amide bonds. The molecule has 102 valence electrons. The van der Waals surface area contributed by atoms with Crippen molar-refractivity contribution in [2.75, 3.05) is 19.7 Å². The van der Waals surface area contributed by atoms with Crippen LogP contribution in [0.5, 0.6) is 0 Å². The maximum absolute atomic E-state index is 13.2. The molecule has 0 spiro atoms. The van der Waals surface area contributed by atoms with Crippen LogP contribution in [0.3, 0.4) is 0 Å². The van der Waals surface area contributed by atoms with Crippen LogP contribution in [0.25, 0.3) is 0 Å². The van der Waals surface area contributed by atoms with E-state index in [4.69, 9.17) is 4.74 Å². The van der Waals surface area contributed by atoms with Gasteiger partial charge in [-0.3, -0.25) is 0 Å². The van der Waals surface area contributed by atoms with Crippen molar-refractivity contribution in [3.8, 4) is 0 Å². The van der Waals surface area contributed by atoms with E-state index in [0.717, 1.165) is 31.0 Å². The Morgan fingerprint density at radius 3 is 2.95 bits per heavy atom. The molecule has 2 aliphatic rings. The van der Waals surface area contributed by atoms with Crippen LogP contribution in [0, 0.1) is 11.7 Å². The normalized spacial score (nSPS) is 24.1. The summed E-state index contributed by atoms with van der Waals surface area (Å²) < 4.78 is 18.9. The van der Waals surface area contributed by atoms with Gasteiger partial charge in [0.25, 0.3) is 0 Å². The first kappa shape index (κ1) is 12.6. The first-order chi connectivity index (χ1) is 9.31. The molecule has 0 radical (unpaired) electrons. The lowest BCUT2D eigenvalue weighted by Gasteiger charge is -2.21. The Balaban J connectivity index is 1.64. The van der Waals surface area contributed by atoms with E-state index < -0.39 is 0 Å². The van der Waals surface area contributed by atoms with Crippen LogP contribution in [0.1, 0.15) is 30.9 Å². The molecule has 0 aromatic heterocycles. The number of hydrogen-bond donors (Lipinski definition) is 1. The van der Waals surface area contributed by atoms with Crippen molar-refractivity contribution in [1.82, 2.24) is 5.32 Å². The highest BCUT2D eigenvalue weighted by atomic mass is 19.1. The molecule has 2 heterocycles. The predicted molar refractivity (Wildman–Crippen MR) is 72.7 cm³/mol. The van der Waals surface area contributed by atoms with E-state index in [1.165, 1.54) is 18.9 Å². The zero-order chi connectivity index (χ0) is 13.1. The van der Waals surface area contributed by atoms with Crippen LogP contribution in [-0.4, -0.2) is 25.6 Å². The maximum atomic E-state index is 13.2. The Kier molecular flexibility index (Phi) is 3.78. The van der Waals surface area contributed by atoms with Gasteiger partial charge in [0.2, 0.25) is 0 Å². The van der Waals surface area contributed by atoms with Gasteiger partial charge in [0, 0.05) is 6.42 Å². The van der Waals surface area contributed by atoms with Gasteiger partial charge in [0.1, 0.15) is 18.5 Å². The summed E-state index contributed by atoms with van der Waals surface area (Å²) in [6.45, 7) is 2.72. The average molecular weight is 262 g/mol. The summed E-state index contributed by atoms with van der Waals surface area (Å²) >= 11 is 0. The number of ether oxygens (including phenoxy) is 1. The van der Waals surface area contributed by atoms with Gasteiger partial charge >= 0.3 is 0 Å². The summed E-state index contributed by atoms with van der Waals surface area (Å²) in [6, 6.07) is 6.61. The molecule has 0 saturated carbocycles. The molecule has 0 aliphatic carbocycles. The van der Waals surface area contributed by atoms with Crippen molar-refractivity contribution in [2.24, 2.45) is 10.9 Å². The molecule has 1 atom stereocenters. The number of nitrogens with one attached hydrogen (secondary N) is 1. The highest BCUT2D eigenvalue weighted by Gasteiger charge is 2.24. The monoisotopic (exact) mass is 262 g/mol. The molecule has 1 saturated heterocycles. The standard InChI is InChI=1S/C15H19FN2O/c16-13-3-1-2-12(9-13)14-10-19-15(18-14)8-11-4-6-17-7-5-11/h1-3,9,11,14,17H,4-8,10H2. The first-order valence-corrected chi connectivity index (χ1v) is 6.97. The highest BCUT2D eigenvalue weighted by Crippen LogP contribution is 2.27. The van der Waals surface area contributed by atoms with Crippen LogP contribution in [-0.2, 0) is 4.74 Å². The van der Waals surface area contributed by atoms with E-state index in [-0.39, 0.29) is 11.9 Å². The molecule has 3 nitrogen and oxygen atoms in total. The summed E-state index contributed by atoms with van der Waals surface area (Å²) in [6.07, 6.45) is 3.30. The molecule has 4 heteroatoms. The van der Waals surface area contributed by atoms with E-state index in [2.05, 4.69) is 10.3 Å². The smallest absolute Gasteiger partial charge is 0.184 e. The molecule has 19 heavy (non-hydrogen) atoms. The van der Waals surface area contributed by atoms with Crippen molar-refractivity contribution in [3.63, 3.8) is 0 Å². The molecule has 2 aliphatic heterocycles. The quantitative estimate of drug-likeness (QED) is 0.908. The summed E-state index contributed by atoms with van der Waals surface area (Å²) in [5.41, 5.74) is 0.903. The van der Waals surface area contributed by atoms with Gasteiger partial charge in [-0.05, 0) is 49.5 Å². The topological polar surface area (TPSA) is 33.6 Å². The van der Waals surface area contributed by atoms with Gasteiger partial charge < -0.3 is 10.1 Å². The van der Waals surface area contributed by atoms with E-state index in [1.807, 2.05) is 6.07 Å². The fraction of sp³-hybridized carbons (Fsp3) is 0.533. The van der Waals surface area contributed by atoms with Gasteiger partial charge in [0.05, 0.1) is 0 Å². The summed E-state index contributed by atoms with van der Waals surface area (Å²) in [4.78, 5) is 4.60. The number of piperidine rings is 1. The molecule has 1 N–H and O–H groups in total. The van der Waals surface area contributed by atoms with Crippen LogP contribution in [0.15, 0.2) is 29.3 Å². The minimum atomic E-state index is -0.209. The molecule has 1 aromatic carbocycles. The lowest BCUT2D eigenvalue weighted by molar-refractivity contribution is 0.294. The third-order valence-corrected chi connectivity index (χ3v) is 3.86. The van der Waals surface area contributed by atoms with Crippen LogP contribution >= 0.6 is 0 Å². The lowest BCUT2D eigenvalue weighted by atomic mass is 9.95. The first-order valence-electron chi connectivity index (χ1n) is 6.97. The summed E-state index contributed by atoms with van der Waals surface area (Å²) in [5, 5.41) is 3.36. The predicted octanol–water partition coefficient (Wildman–Crippen LogP) is 2.69. The molecule has 0 bridgehead atoms. The molecule has 1 aromatic rings. The zero-order valence-corrected chi connectivity index (χ0v) is 10.9. The van der Waals surface area contributed by atoms with Crippen molar-refractivity contribution >= 4 is 5.90 Å². The Morgan fingerprint density at radius 1 is 1.32 bits per heavy atom.